The summed E-state index contributed by atoms with van der Waals surface area (Å²) in [6.45, 7) is 0.725. The highest BCUT2D eigenvalue weighted by Gasteiger charge is 2.23. The number of aliphatic carboxylic acids is 1. The summed E-state index contributed by atoms with van der Waals surface area (Å²) in [6, 6.07) is 31.1. The zero-order valence-corrected chi connectivity index (χ0v) is 24.7. The summed E-state index contributed by atoms with van der Waals surface area (Å²) >= 11 is 5.66. The average molecular weight is 697 g/mol. The van der Waals surface area contributed by atoms with Gasteiger partial charge in [-0.2, -0.15) is 0 Å². The van der Waals surface area contributed by atoms with Gasteiger partial charge in [0, 0.05) is 33.2 Å². The van der Waals surface area contributed by atoms with Crippen molar-refractivity contribution in [2.24, 2.45) is 0 Å². The third-order valence-corrected chi connectivity index (χ3v) is 8.02. The van der Waals surface area contributed by atoms with Gasteiger partial charge in [-0.25, -0.2) is 4.79 Å². The first-order valence-electron chi connectivity index (χ1n) is 12.3. The Hall–Kier alpha value is -3.50. The van der Waals surface area contributed by atoms with Crippen LogP contribution >= 0.6 is 38.5 Å². The second-order valence-electron chi connectivity index (χ2n) is 8.93. The van der Waals surface area contributed by atoms with Gasteiger partial charge in [0.1, 0.15) is 0 Å². The lowest BCUT2D eigenvalue weighted by Crippen LogP contribution is -2.35. The number of rotatable bonds is 9. The smallest absolute Gasteiger partial charge is 0.394 e. The molecule has 0 unspecified atom stereocenters. The molecule has 4 aromatic carbocycles. The van der Waals surface area contributed by atoms with E-state index in [4.69, 9.17) is 0 Å². The van der Waals surface area contributed by atoms with E-state index in [2.05, 4.69) is 80.2 Å². The van der Waals surface area contributed by atoms with Gasteiger partial charge in [-0.1, -0.05) is 94.8 Å². The van der Waals surface area contributed by atoms with E-state index < -0.39 is 11.9 Å². The molecule has 0 aliphatic carbocycles. The fourth-order valence-electron chi connectivity index (χ4n) is 4.11. The molecule has 0 radical (unpaired) electrons. The molecule has 39 heavy (non-hydrogen) atoms. The quantitative estimate of drug-likeness (QED) is 0.159. The number of nitrogens with one attached hydrogen (secondary N) is 1. The Morgan fingerprint density at radius 1 is 0.795 bits per heavy atom. The van der Waals surface area contributed by atoms with Crippen molar-refractivity contribution >= 4 is 56.3 Å². The number of benzene rings is 4. The van der Waals surface area contributed by atoms with E-state index in [1.807, 2.05) is 42.5 Å². The molecule has 0 atom stereocenters. The van der Waals surface area contributed by atoms with Crippen LogP contribution in [0.3, 0.4) is 0 Å². The standard InChI is InChI=1S/C31H26BrIN2O4/c32-27-18-24(29(36)34-17-16-21-10-12-23(13-11-21)22-6-2-1-3-7-22)14-15-25(27)19-35(30(37)31(38)39)20-26-8-4-5-9-28(26)33/h1-15,18H,16-17,19-20H2,(H,34,36)(H,38,39). The summed E-state index contributed by atoms with van der Waals surface area (Å²) in [5.74, 6) is -2.71. The maximum absolute atomic E-state index is 12.8. The fourth-order valence-corrected chi connectivity index (χ4v) is 5.17. The van der Waals surface area contributed by atoms with Crippen molar-refractivity contribution in [2.45, 2.75) is 19.5 Å². The first-order valence-corrected chi connectivity index (χ1v) is 14.2. The van der Waals surface area contributed by atoms with Crippen molar-refractivity contribution in [3.63, 3.8) is 0 Å². The lowest BCUT2D eigenvalue weighted by Gasteiger charge is -2.22. The minimum atomic E-state index is -1.51. The van der Waals surface area contributed by atoms with Crippen LogP contribution < -0.4 is 5.32 Å². The molecule has 198 valence electrons. The molecular formula is C31H26BrIN2O4. The van der Waals surface area contributed by atoms with E-state index in [0.29, 0.717) is 28.6 Å². The Kier molecular flexibility index (Phi) is 9.89. The summed E-state index contributed by atoms with van der Waals surface area (Å²) in [5, 5.41) is 12.3. The van der Waals surface area contributed by atoms with Crippen LogP contribution in [0.4, 0.5) is 0 Å². The average Bonchev–Trinajstić information content (AvgIpc) is 2.95. The van der Waals surface area contributed by atoms with Crippen LogP contribution in [0.1, 0.15) is 27.0 Å². The third kappa shape index (κ3) is 7.77. The Labute approximate surface area is 249 Å². The predicted molar refractivity (Wildman–Crippen MR) is 163 cm³/mol. The zero-order valence-electron chi connectivity index (χ0n) is 20.9. The van der Waals surface area contributed by atoms with E-state index in [1.165, 1.54) is 4.90 Å². The molecule has 0 aromatic heterocycles. The van der Waals surface area contributed by atoms with Crippen LogP contribution in [0.15, 0.2) is 102 Å². The van der Waals surface area contributed by atoms with Gasteiger partial charge >= 0.3 is 11.9 Å². The Balaban J connectivity index is 1.36. The lowest BCUT2D eigenvalue weighted by atomic mass is 10.0. The van der Waals surface area contributed by atoms with E-state index >= 15 is 0 Å². The van der Waals surface area contributed by atoms with E-state index in [-0.39, 0.29) is 19.0 Å². The van der Waals surface area contributed by atoms with Gasteiger partial charge in [-0.05, 0) is 75.0 Å². The maximum Gasteiger partial charge on any atom is 0.394 e. The molecule has 2 amide bonds. The number of amides is 2. The molecule has 0 fully saturated rings. The van der Waals surface area contributed by atoms with E-state index in [0.717, 1.165) is 25.8 Å². The van der Waals surface area contributed by atoms with E-state index in [1.54, 1.807) is 18.2 Å². The lowest BCUT2D eigenvalue weighted by molar-refractivity contribution is -0.156. The summed E-state index contributed by atoms with van der Waals surface area (Å²) in [6.07, 6.45) is 0.699. The Morgan fingerprint density at radius 2 is 1.44 bits per heavy atom. The number of carboxylic acid groups (broad SMARTS) is 1. The fraction of sp³-hybridized carbons (Fsp3) is 0.129. The summed E-state index contributed by atoms with van der Waals surface area (Å²) in [4.78, 5) is 37.9. The van der Waals surface area contributed by atoms with Crippen LogP contribution in [0.5, 0.6) is 0 Å². The molecule has 0 saturated carbocycles. The van der Waals surface area contributed by atoms with Crippen molar-refractivity contribution in [1.29, 1.82) is 0 Å². The molecule has 4 aromatic rings. The van der Waals surface area contributed by atoms with Crippen molar-refractivity contribution in [3.8, 4) is 11.1 Å². The minimum Gasteiger partial charge on any atom is -0.474 e. The van der Waals surface area contributed by atoms with Crippen molar-refractivity contribution in [1.82, 2.24) is 10.2 Å². The second kappa shape index (κ2) is 13.5. The van der Waals surface area contributed by atoms with E-state index in [9.17, 15) is 19.5 Å². The molecule has 0 aliphatic rings. The largest absolute Gasteiger partial charge is 0.474 e. The number of carbonyl (C=O) groups excluding carboxylic acids is 2. The molecule has 4 rings (SSSR count). The van der Waals surface area contributed by atoms with Crippen LogP contribution in [0, 0.1) is 3.57 Å². The van der Waals surface area contributed by atoms with Crippen LogP contribution in [0.25, 0.3) is 11.1 Å². The Bertz CT molecular complexity index is 1480. The third-order valence-electron chi connectivity index (χ3n) is 6.23. The molecule has 2 N–H and O–H groups in total. The normalized spacial score (nSPS) is 10.6. The minimum absolute atomic E-state index is 0.0809. The molecule has 6 nitrogen and oxygen atoms in total. The highest BCUT2D eigenvalue weighted by Crippen LogP contribution is 2.23. The van der Waals surface area contributed by atoms with Crippen LogP contribution in [0.2, 0.25) is 0 Å². The van der Waals surface area contributed by atoms with Gasteiger partial charge < -0.3 is 15.3 Å². The summed E-state index contributed by atoms with van der Waals surface area (Å²) in [5.41, 5.74) is 5.47. The maximum atomic E-state index is 12.8. The molecule has 0 bridgehead atoms. The van der Waals surface area contributed by atoms with Gasteiger partial charge in [-0.3, -0.25) is 9.59 Å². The van der Waals surface area contributed by atoms with Gasteiger partial charge in [0.15, 0.2) is 0 Å². The summed E-state index contributed by atoms with van der Waals surface area (Å²) in [7, 11) is 0. The number of nitrogens with zero attached hydrogens (tertiary/aromatic N) is 1. The molecule has 0 heterocycles. The number of halogens is 2. The van der Waals surface area contributed by atoms with Gasteiger partial charge in [0.2, 0.25) is 0 Å². The molecule has 0 aliphatic heterocycles. The number of carboxylic acids is 1. The van der Waals surface area contributed by atoms with Crippen LogP contribution in [-0.2, 0) is 29.1 Å². The van der Waals surface area contributed by atoms with Crippen LogP contribution in [-0.4, -0.2) is 34.3 Å². The Morgan fingerprint density at radius 3 is 2.10 bits per heavy atom. The van der Waals surface area contributed by atoms with Gasteiger partial charge in [-0.15, -0.1) is 0 Å². The van der Waals surface area contributed by atoms with Gasteiger partial charge in [0.05, 0.1) is 0 Å². The van der Waals surface area contributed by atoms with Crippen molar-refractivity contribution in [2.75, 3.05) is 6.54 Å². The topological polar surface area (TPSA) is 86.7 Å². The number of carbonyl (C=O) groups is 3. The molecule has 0 saturated heterocycles. The first kappa shape index (κ1) is 28.5. The zero-order chi connectivity index (χ0) is 27.8. The SMILES string of the molecule is O=C(O)C(=O)N(Cc1ccc(C(=O)NCCc2ccc(-c3ccccc3)cc2)cc1Br)Cc1ccccc1I. The number of hydrogen-bond acceptors (Lipinski definition) is 3. The summed E-state index contributed by atoms with van der Waals surface area (Å²) < 4.78 is 1.56. The monoisotopic (exact) mass is 696 g/mol. The molecule has 0 spiro atoms. The predicted octanol–water partition coefficient (Wildman–Crippen LogP) is 6.31. The van der Waals surface area contributed by atoms with Crippen molar-refractivity contribution in [3.05, 3.63) is 127 Å². The number of hydrogen-bond donors (Lipinski definition) is 2. The second-order valence-corrected chi connectivity index (χ2v) is 10.9. The molecular weight excluding hydrogens is 671 g/mol. The van der Waals surface area contributed by atoms with Gasteiger partial charge in [0.25, 0.3) is 5.91 Å². The molecule has 8 heteroatoms. The first-order chi connectivity index (χ1) is 18.8. The van der Waals surface area contributed by atoms with Crippen molar-refractivity contribution < 1.29 is 19.5 Å². The highest BCUT2D eigenvalue weighted by atomic mass is 127. The highest BCUT2D eigenvalue weighted by molar-refractivity contribution is 14.1.